The highest BCUT2D eigenvalue weighted by molar-refractivity contribution is 9.11. The number of hydrogen-bond donors (Lipinski definition) is 2. The summed E-state index contributed by atoms with van der Waals surface area (Å²) in [6.07, 6.45) is 0. The zero-order valence-electron chi connectivity index (χ0n) is 6.31. The van der Waals surface area contributed by atoms with E-state index in [2.05, 4.69) is 31.1 Å². The third-order valence-electron chi connectivity index (χ3n) is 1.46. The predicted octanol–water partition coefficient (Wildman–Crippen LogP) is 0.460. The molecule has 0 aromatic carbocycles. The second-order valence-electron chi connectivity index (χ2n) is 2.23. The van der Waals surface area contributed by atoms with Gasteiger partial charge in [-0.1, -0.05) is 0 Å². The smallest absolute Gasteiger partial charge is 0.241 e. The van der Waals surface area contributed by atoms with Crippen LogP contribution in [0.2, 0.25) is 0 Å². The normalized spacial score (nSPS) is 10.5. The largest absolute Gasteiger partial charge is 0.366 e. The number of halogens is 1. The lowest BCUT2D eigenvalue weighted by Crippen LogP contribution is -2.13. The van der Waals surface area contributed by atoms with Gasteiger partial charge >= 0.3 is 0 Å². The number of aromatic nitrogens is 4. The number of anilines is 1. The van der Waals surface area contributed by atoms with Crippen LogP contribution in [0, 0.1) is 0 Å². The molecule has 0 aliphatic rings. The average Bonchev–Trinajstić information content (AvgIpc) is 2.62. The first-order valence-corrected chi connectivity index (χ1v) is 4.92. The van der Waals surface area contributed by atoms with Crippen LogP contribution in [0.4, 0.5) is 5.95 Å². The molecule has 0 aliphatic heterocycles. The topological polar surface area (TPSA) is 95.6 Å². The standard InChI is InChI=1S/C5H5BrN6S/c6-3-2(9-1-13-3)4-10-11-5(7)12(4)8/h1H,8H2,(H2,7,11). The molecule has 13 heavy (non-hydrogen) atoms. The van der Waals surface area contributed by atoms with Crippen molar-refractivity contribution in [1.29, 1.82) is 0 Å². The van der Waals surface area contributed by atoms with E-state index in [1.165, 1.54) is 16.0 Å². The molecule has 0 saturated carbocycles. The molecule has 0 saturated heterocycles. The third kappa shape index (κ3) is 1.27. The Morgan fingerprint density at radius 2 is 2.23 bits per heavy atom. The molecule has 6 nitrogen and oxygen atoms in total. The minimum absolute atomic E-state index is 0.162. The van der Waals surface area contributed by atoms with Crippen LogP contribution >= 0.6 is 27.3 Å². The molecule has 0 aliphatic carbocycles. The first-order chi connectivity index (χ1) is 6.20. The maximum atomic E-state index is 5.57. The van der Waals surface area contributed by atoms with Gasteiger partial charge in [0.25, 0.3) is 0 Å². The van der Waals surface area contributed by atoms with Crippen LogP contribution in [0.25, 0.3) is 11.5 Å². The SMILES string of the molecule is Nc1nnc(-c2ncsc2Br)n1N. The highest BCUT2D eigenvalue weighted by atomic mass is 79.9. The van der Waals surface area contributed by atoms with Gasteiger partial charge in [-0.05, 0) is 15.9 Å². The Labute approximate surface area is 85.7 Å². The summed E-state index contributed by atoms with van der Waals surface area (Å²) in [6.45, 7) is 0. The number of nitrogens with zero attached hydrogens (tertiary/aromatic N) is 4. The van der Waals surface area contributed by atoms with Crippen LogP contribution < -0.4 is 11.6 Å². The molecule has 0 amide bonds. The zero-order valence-corrected chi connectivity index (χ0v) is 8.71. The molecular formula is C5H5BrN6S. The van der Waals surface area contributed by atoms with Crippen molar-refractivity contribution in [3.63, 3.8) is 0 Å². The van der Waals surface area contributed by atoms with E-state index in [-0.39, 0.29) is 5.95 Å². The highest BCUT2D eigenvalue weighted by Gasteiger charge is 2.14. The number of hydrogen-bond acceptors (Lipinski definition) is 6. The Balaban J connectivity index is 2.59. The van der Waals surface area contributed by atoms with Crippen molar-refractivity contribution in [2.75, 3.05) is 11.6 Å². The number of nitrogen functional groups attached to an aromatic ring is 2. The molecule has 2 aromatic heterocycles. The first-order valence-electron chi connectivity index (χ1n) is 3.25. The van der Waals surface area contributed by atoms with Crippen molar-refractivity contribution in [3.8, 4) is 11.5 Å². The molecule has 0 fully saturated rings. The number of nitrogens with two attached hydrogens (primary N) is 2. The molecular weight excluding hydrogens is 256 g/mol. The summed E-state index contributed by atoms with van der Waals surface area (Å²) in [7, 11) is 0. The van der Waals surface area contributed by atoms with Crippen LogP contribution in [-0.4, -0.2) is 19.9 Å². The summed E-state index contributed by atoms with van der Waals surface area (Å²) in [5.41, 5.74) is 7.76. The fraction of sp³-hybridized carbons (Fsp3) is 0. The molecule has 68 valence electrons. The van der Waals surface area contributed by atoms with Gasteiger partial charge in [0.1, 0.15) is 9.48 Å². The van der Waals surface area contributed by atoms with Crippen LogP contribution in [0.15, 0.2) is 9.30 Å². The number of thiazole rings is 1. The lowest BCUT2D eigenvalue weighted by molar-refractivity contribution is 1.01. The van der Waals surface area contributed by atoms with E-state index in [1.807, 2.05) is 0 Å². The van der Waals surface area contributed by atoms with E-state index in [4.69, 9.17) is 11.6 Å². The van der Waals surface area contributed by atoms with Crippen LogP contribution in [0.1, 0.15) is 0 Å². The average molecular weight is 261 g/mol. The summed E-state index contributed by atoms with van der Waals surface area (Å²) < 4.78 is 2.05. The van der Waals surface area contributed by atoms with E-state index in [0.717, 1.165) is 3.79 Å². The molecule has 2 aromatic rings. The lowest BCUT2D eigenvalue weighted by atomic mass is 10.5. The number of rotatable bonds is 1. The molecule has 0 unspecified atom stereocenters. The van der Waals surface area contributed by atoms with Gasteiger partial charge < -0.3 is 11.6 Å². The molecule has 0 spiro atoms. The van der Waals surface area contributed by atoms with Gasteiger partial charge in [-0.15, -0.1) is 21.5 Å². The summed E-state index contributed by atoms with van der Waals surface area (Å²) in [5, 5.41) is 7.42. The summed E-state index contributed by atoms with van der Waals surface area (Å²) in [5.74, 6) is 6.18. The molecule has 4 N–H and O–H groups in total. The van der Waals surface area contributed by atoms with Gasteiger partial charge in [0.2, 0.25) is 11.8 Å². The first kappa shape index (κ1) is 8.45. The van der Waals surface area contributed by atoms with Gasteiger partial charge in [0.15, 0.2) is 0 Å². The quantitative estimate of drug-likeness (QED) is 0.727. The molecule has 0 atom stereocenters. The summed E-state index contributed by atoms with van der Waals surface area (Å²) >= 11 is 4.77. The van der Waals surface area contributed by atoms with Crippen molar-refractivity contribution < 1.29 is 0 Å². The van der Waals surface area contributed by atoms with E-state index in [9.17, 15) is 0 Å². The van der Waals surface area contributed by atoms with E-state index in [0.29, 0.717) is 11.5 Å². The lowest BCUT2D eigenvalue weighted by Gasteiger charge is -1.97. The van der Waals surface area contributed by atoms with Gasteiger partial charge in [-0.25, -0.2) is 9.66 Å². The highest BCUT2D eigenvalue weighted by Crippen LogP contribution is 2.28. The van der Waals surface area contributed by atoms with Crippen LogP contribution in [-0.2, 0) is 0 Å². The molecule has 8 heteroatoms. The zero-order chi connectivity index (χ0) is 9.42. The summed E-state index contributed by atoms with van der Waals surface area (Å²) in [4.78, 5) is 4.07. The van der Waals surface area contributed by atoms with Gasteiger partial charge in [-0.3, -0.25) is 0 Å². The Hall–Kier alpha value is -1.15. The van der Waals surface area contributed by atoms with Crippen molar-refractivity contribution >= 4 is 33.2 Å². The second-order valence-corrected chi connectivity index (χ2v) is 4.40. The summed E-state index contributed by atoms with van der Waals surface area (Å²) in [6, 6.07) is 0. The van der Waals surface area contributed by atoms with Gasteiger partial charge in [-0.2, -0.15) is 0 Å². The predicted molar refractivity (Wildman–Crippen MR) is 53.4 cm³/mol. The fourth-order valence-corrected chi connectivity index (χ4v) is 1.88. The third-order valence-corrected chi connectivity index (χ3v) is 3.01. The van der Waals surface area contributed by atoms with Crippen molar-refractivity contribution in [3.05, 3.63) is 9.30 Å². The molecule has 0 radical (unpaired) electrons. The van der Waals surface area contributed by atoms with Crippen molar-refractivity contribution in [2.24, 2.45) is 0 Å². The van der Waals surface area contributed by atoms with E-state index >= 15 is 0 Å². The van der Waals surface area contributed by atoms with E-state index < -0.39 is 0 Å². The Kier molecular flexibility index (Phi) is 1.93. The Bertz CT molecular complexity index is 434. The minimum atomic E-state index is 0.162. The minimum Gasteiger partial charge on any atom is -0.366 e. The monoisotopic (exact) mass is 260 g/mol. The van der Waals surface area contributed by atoms with Crippen LogP contribution in [0.5, 0.6) is 0 Å². The maximum absolute atomic E-state index is 5.57. The van der Waals surface area contributed by atoms with Gasteiger partial charge in [0, 0.05) is 0 Å². The second kappa shape index (κ2) is 2.96. The molecule has 2 heterocycles. The van der Waals surface area contributed by atoms with Crippen LogP contribution in [0.3, 0.4) is 0 Å². The Morgan fingerprint density at radius 1 is 1.46 bits per heavy atom. The fourth-order valence-electron chi connectivity index (χ4n) is 0.842. The van der Waals surface area contributed by atoms with E-state index in [1.54, 1.807) is 5.51 Å². The molecule has 2 rings (SSSR count). The van der Waals surface area contributed by atoms with Gasteiger partial charge in [0.05, 0.1) is 5.51 Å². The van der Waals surface area contributed by atoms with Crippen molar-refractivity contribution in [1.82, 2.24) is 19.9 Å². The molecule has 0 bridgehead atoms. The Morgan fingerprint density at radius 3 is 2.69 bits per heavy atom. The maximum Gasteiger partial charge on any atom is 0.241 e. The van der Waals surface area contributed by atoms with Crippen molar-refractivity contribution in [2.45, 2.75) is 0 Å².